The maximum Gasteiger partial charge on any atom is 0.149 e. The molecule has 0 fully saturated rings. The van der Waals surface area contributed by atoms with Crippen molar-refractivity contribution in [3.8, 4) is 0 Å². The molecule has 1 atom stereocenters. The number of aromatic nitrogens is 3. The topological polar surface area (TPSA) is 38.7 Å². The molecule has 0 saturated heterocycles. The molecule has 17 heavy (non-hydrogen) atoms. The highest BCUT2D eigenvalue weighted by Crippen LogP contribution is 2.27. The summed E-state index contributed by atoms with van der Waals surface area (Å²) in [6, 6.07) is 10.3. The summed E-state index contributed by atoms with van der Waals surface area (Å²) in [5.74, 6) is 0.942. The van der Waals surface area contributed by atoms with Crippen LogP contribution in [0, 0.1) is 6.92 Å². The van der Waals surface area contributed by atoms with E-state index < -0.39 is 0 Å². The maximum absolute atomic E-state index is 4.43. The first kappa shape index (κ1) is 12.0. The molecule has 0 saturated carbocycles. The largest absolute Gasteiger partial charge is 0.223 e. The SMILES string of the molecule is CSc1nc(C)nnc1C(C)c1ccccc1. The third-order valence-electron chi connectivity index (χ3n) is 2.69. The molecule has 4 heteroatoms. The van der Waals surface area contributed by atoms with Crippen molar-refractivity contribution in [1.29, 1.82) is 0 Å². The Labute approximate surface area is 106 Å². The van der Waals surface area contributed by atoms with E-state index in [9.17, 15) is 0 Å². The van der Waals surface area contributed by atoms with Crippen molar-refractivity contribution in [3.63, 3.8) is 0 Å². The van der Waals surface area contributed by atoms with E-state index in [1.807, 2.05) is 31.4 Å². The van der Waals surface area contributed by atoms with Crippen molar-refractivity contribution in [3.05, 3.63) is 47.4 Å². The number of rotatable bonds is 3. The molecule has 0 radical (unpaired) electrons. The average Bonchev–Trinajstić information content (AvgIpc) is 2.39. The van der Waals surface area contributed by atoms with Gasteiger partial charge in [0.15, 0.2) is 0 Å². The summed E-state index contributed by atoms with van der Waals surface area (Å²) in [6.45, 7) is 4.00. The van der Waals surface area contributed by atoms with Gasteiger partial charge in [0.2, 0.25) is 0 Å². The lowest BCUT2D eigenvalue weighted by atomic mass is 9.98. The van der Waals surface area contributed by atoms with Gasteiger partial charge in [-0.25, -0.2) is 4.98 Å². The van der Waals surface area contributed by atoms with Crippen LogP contribution in [0.25, 0.3) is 0 Å². The zero-order valence-corrected chi connectivity index (χ0v) is 11.0. The highest BCUT2D eigenvalue weighted by atomic mass is 32.2. The lowest BCUT2D eigenvalue weighted by molar-refractivity contribution is 0.730. The molecule has 1 unspecified atom stereocenters. The molecule has 1 heterocycles. The van der Waals surface area contributed by atoms with E-state index in [0.29, 0.717) is 0 Å². The Morgan fingerprint density at radius 1 is 1.12 bits per heavy atom. The second-order valence-electron chi connectivity index (χ2n) is 3.89. The van der Waals surface area contributed by atoms with Crippen LogP contribution in [0.2, 0.25) is 0 Å². The summed E-state index contributed by atoms with van der Waals surface area (Å²) in [7, 11) is 0. The summed E-state index contributed by atoms with van der Waals surface area (Å²) in [5, 5.41) is 9.32. The van der Waals surface area contributed by atoms with Crippen molar-refractivity contribution >= 4 is 11.8 Å². The molecule has 3 nitrogen and oxygen atoms in total. The van der Waals surface area contributed by atoms with E-state index >= 15 is 0 Å². The standard InChI is InChI=1S/C13H15N3S/c1-9(11-7-5-4-6-8-11)12-13(17-3)14-10(2)15-16-12/h4-9H,1-3H3. The minimum absolute atomic E-state index is 0.222. The monoisotopic (exact) mass is 245 g/mol. The van der Waals surface area contributed by atoms with Crippen LogP contribution in [0.15, 0.2) is 35.4 Å². The van der Waals surface area contributed by atoms with Gasteiger partial charge in [0.05, 0.1) is 0 Å². The van der Waals surface area contributed by atoms with E-state index in [2.05, 4.69) is 34.2 Å². The molecule has 0 bridgehead atoms. The number of aryl methyl sites for hydroxylation is 1. The van der Waals surface area contributed by atoms with Crippen LogP contribution in [0.1, 0.15) is 29.9 Å². The molecule has 1 aromatic carbocycles. The molecular formula is C13H15N3S. The van der Waals surface area contributed by atoms with Gasteiger partial charge in [-0.1, -0.05) is 37.3 Å². The molecule has 88 valence electrons. The van der Waals surface area contributed by atoms with Gasteiger partial charge in [-0.05, 0) is 18.7 Å². The van der Waals surface area contributed by atoms with Gasteiger partial charge in [-0.2, -0.15) is 5.10 Å². The smallest absolute Gasteiger partial charge is 0.149 e. The quantitative estimate of drug-likeness (QED) is 0.779. The van der Waals surface area contributed by atoms with Gasteiger partial charge in [-0.3, -0.25) is 0 Å². The fourth-order valence-electron chi connectivity index (χ4n) is 1.72. The molecule has 0 amide bonds. The van der Waals surface area contributed by atoms with Crippen LogP contribution < -0.4 is 0 Å². The minimum Gasteiger partial charge on any atom is -0.223 e. The summed E-state index contributed by atoms with van der Waals surface area (Å²) >= 11 is 1.62. The van der Waals surface area contributed by atoms with Gasteiger partial charge in [-0.15, -0.1) is 16.9 Å². The second kappa shape index (κ2) is 5.27. The predicted molar refractivity (Wildman–Crippen MR) is 70.3 cm³/mol. The Morgan fingerprint density at radius 2 is 1.82 bits per heavy atom. The minimum atomic E-state index is 0.222. The van der Waals surface area contributed by atoms with Crippen LogP contribution in [0.3, 0.4) is 0 Å². The Bertz CT molecular complexity index is 499. The number of hydrogen-bond acceptors (Lipinski definition) is 4. The van der Waals surface area contributed by atoms with E-state index in [4.69, 9.17) is 0 Å². The van der Waals surface area contributed by atoms with Crippen LogP contribution in [0.4, 0.5) is 0 Å². The van der Waals surface area contributed by atoms with Gasteiger partial charge < -0.3 is 0 Å². The normalized spacial score (nSPS) is 12.4. The van der Waals surface area contributed by atoms with Crippen molar-refractivity contribution < 1.29 is 0 Å². The van der Waals surface area contributed by atoms with Crippen LogP contribution >= 0.6 is 11.8 Å². The van der Waals surface area contributed by atoms with Crippen molar-refractivity contribution in [2.24, 2.45) is 0 Å². The molecule has 1 aromatic heterocycles. The summed E-state index contributed by atoms with van der Waals surface area (Å²) in [6.07, 6.45) is 2.02. The lowest BCUT2D eigenvalue weighted by Crippen LogP contribution is -2.06. The van der Waals surface area contributed by atoms with Crippen LogP contribution in [0.5, 0.6) is 0 Å². The second-order valence-corrected chi connectivity index (χ2v) is 4.68. The highest BCUT2D eigenvalue weighted by Gasteiger charge is 2.15. The van der Waals surface area contributed by atoms with Crippen molar-refractivity contribution in [2.45, 2.75) is 24.8 Å². The van der Waals surface area contributed by atoms with E-state index in [1.54, 1.807) is 11.8 Å². The first-order valence-corrected chi connectivity index (χ1v) is 6.75. The molecule has 2 rings (SSSR count). The van der Waals surface area contributed by atoms with Crippen molar-refractivity contribution in [1.82, 2.24) is 15.2 Å². The van der Waals surface area contributed by atoms with Crippen molar-refractivity contribution in [2.75, 3.05) is 6.26 Å². The van der Waals surface area contributed by atoms with E-state index in [-0.39, 0.29) is 5.92 Å². The molecule has 0 spiro atoms. The summed E-state index contributed by atoms with van der Waals surface area (Å²) in [5.41, 5.74) is 2.19. The molecular weight excluding hydrogens is 230 g/mol. The van der Waals surface area contributed by atoms with Crippen LogP contribution in [-0.2, 0) is 0 Å². The van der Waals surface area contributed by atoms with Gasteiger partial charge in [0.1, 0.15) is 16.5 Å². The Hall–Kier alpha value is -1.42. The van der Waals surface area contributed by atoms with Gasteiger partial charge in [0.25, 0.3) is 0 Å². The zero-order chi connectivity index (χ0) is 12.3. The third-order valence-corrected chi connectivity index (χ3v) is 3.38. The van der Waals surface area contributed by atoms with E-state index in [0.717, 1.165) is 16.5 Å². The first-order chi connectivity index (χ1) is 8.22. The molecule has 2 aromatic rings. The fourth-order valence-corrected chi connectivity index (χ4v) is 2.37. The molecule has 0 aliphatic rings. The van der Waals surface area contributed by atoms with E-state index in [1.165, 1.54) is 5.56 Å². The highest BCUT2D eigenvalue weighted by molar-refractivity contribution is 7.98. The zero-order valence-electron chi connectivity index (χ0n) is 10.2. The number of thioether (sulfide) groups is 1. The molecule has 0 aliphatic carbocycles. The maximum atomic E-state index is 4.43. The fraction of sp³-hybridized carbons (Fsp3) is 0.308. The average molecular weight is 245 g/mol. The Balaban J connectivity index is 2.40. The summed E-state index contributed by atoms with van der Waals surface area (Å²) < 4.78 is 0. The predicted octanol–water partition coefficient (Wildman–Crippen LogP) is 3.05. The molecule has 0 aliphatic heterocycles. The summed E-state index contributed by atoms with van der Waals surface area (Å²) in [4.78, 5) is 4.43. The Morgan fingerprint density at radius 3 is 2.47 bits per heavy atom. The van der Waals surface area contributed by atoms with Gasteiger partial charge in [0, 0.05) is 5.92 Å². The first-order valence-electron chi connectivity index (χ1n) is 5.52. The Kier molecular flexibility index (Phi) is 3.74. The van der Waals surface area contributed by atoms with Crippen LogP contribution in [-0.4, -0.2) is 21.4 Å². The number of nitrogens with zero attached hydrogens (tertiary/aromatic N) is 3. The molecule has 0 N–H and O–H groups in total. The number of benzene rings is 1. The van der Waals surface area contributed by atoms with Gasteiger partial charge >= 0.3 is 0 Å². The third kappa shape index (κ3) is 2.64. The lowest BCUT2D eigenvalue weighted by Gasteiger charge is -2.13. The number of hydrogen-bond donors (Lipinski definition) is 0.